The van der Waals surface area contributed by atoms with Crippen LogP contribution in [0.15, 0.2) is 39.8 Å². The number of nitrogens with zero attached hydrogens (tertiary/aromatic N) is 3. The lowest BCUT2D eigenvalue weighted by Gasteiger charge is -2.21. The molecular weight excluding hydrogens is 326 g/mol. The van der Waals surface area contributed by atoms with E-state index in [9.17, 15) is 8.42 Å². The van der Waals surface area contributed by atoms with Crippen molar-refractivity contribution in [3.05, 3.63) is 42.0 Å². The molecule has 0 amide bonds. The van der Waals surface area contributed by atoms with E-state index in [0.717, 1.165) is 19.4 Å². The molecule has 0 unspecified atom stereocenters. The Hall–Kier alpha value is -1.73. The van der Waals surface area contributed by atoms with Gasteiger partial charge in [0.1, 0.15) is 0 Å². The summed E-state index contributed by atoms with van der Waals surface area (Å²) in [5, 5.41) is 4.10. The van der Waals surface area contributed by atoms with Crippen molar-refractivity contribution in [2.45, 2.75) is 43.5 Å². The van der Waals surface area contributed by atoms with Crippen LogP contribution >= 0.6 is 0 Å². The summed E-state index contributed by atoms with van der Waals surface area (Å²) in [6, 6.07) is 8.65. The molecule has 1 saturated heterocycles. The molecule has 6 nitrogen and oxygen atoms in total. The highest BCUT2D eigenvalue weighted by Crippen LogP contribution is 2.30. The van der Waals surface area contributed by atoms with Crippen LogP contribution in [0.25, 0.3) is 0 Å². The first-order valence-corrected chi connectivity index (χ1v) is 9.98. The van der Waals surface area contributed by atoms with Gasteiger partial charge in [-0.3, -0.25) is 4.90 Å². The van der Waals surface area contributed by atoms with Gasteiger partial charge in [0.15, 0.2) is 15.7 Å². The molecule has 0 spiro atoms. The van der Waals surface area contributed by atoms with Gasteiger partial charge in [-0.05, 0) is 31.5 Å². The summed E-state index contributed by atoms with van der Waals surface area (Å²) in [4.78, 5) is 7.00. The molecule has 1 aliphatic heterocycles. The van der Waals surface area contributed by atoms with Gasteiger partial charge in [-0.15, -0.1) is 0 Å². The standard InChI is InChI=1S/C17H23N3O3S/c1-13(2)17-18-16(19-23-17)15-9-6-10-20(15)11-12-24(21,22)14-7-4-3-5-8-14/h3-5,7-8,13,15H,6,9-12H2,1-2H3/t15-/m1/s1. The van der Waals surface area contributed by atoms with E-state index >= 15 is 0 Å². The quantitative estimate of drug-likeness (QED) is 0.798. The van der Waals surface area contributed by atoms with Crippen LogP contribution in [-0.4, -0.2) is 42.3 Å². The van der Waals surface area contributed by atoms with Crippen LogP contribution in [-0.2, 0) is 9.84 Å². The predicted molar refractivity (Wildman–Crippen MR) is 90.4 cm³/mol. The fourth-order valence-electron chi connectivity index (χ4n) is 2.99. The maximum Gasteiger partial charge on any atom is 0.229 e. The van der Waals surface area contributed by atoms with Crippen molar-refractivity contribution in [3.8, 4) is 0 Å². The number of hydrogen-bond acceptors (Lipinski definition) is 6. The summed E-state index contributed by atoms with van der Waals surface area (Å²) in [7, 11) is -3.27. The molecule has 1 atom stereocenters. The monoisotopic (exact) mass is 349 g/mol. The van der Waals surface area contributed by atoms with Crippen LogP contribution in [0.2, 0.25) is 0 Å². The molecule has 0 aliphatic carbocycles. The average Bonchev–Trinajstić information content (AvgIpc) is 3.22. The minimum Gasteiger partial charge on any atom is -0.339 e. The van der Waals surface area contributed by atoms with Gasteiger partial charge < -0.3 is 4.52 Å². The van der Waals surface area contributed by atoms with Gasteiger partial charge in [0.25, 0.3) is 0 Å². The lowest BCUT2D eigenvalue weighted by Crippen LogP contribution is -2.29. The zero-order chi connectivity index (χ0) is 17.2. The van der Waals surface area contributed by atoms with E-state index in [1.54, 1.807) is 24.3 Å². The Labute approximate surface area is 142 Å². The van der Waals surface area contributed by atoms with Gasteiger partial charge in [0.05, 0.1) is 16.7 Å². The van der Waals surface area contributed by atoms with Crippen LogP contribution in [0.3, 0.4) is 0 Å². The molecule has 0 N–H and O–H groups in total. The van der Waals surface area contributed by atoms with Gasteiger partial charge in [-0.25, -0.2) is 8.42 Å². The summed E-state index contributed by atoms with van der Waals surface area (Å²) < 4.78 is 30.2. The van der Waals surface area contributed by atoms with Gasteiger partial charge in [-0.2, -0.15) is 4.98 Å². The Morgan fingerprint density at radius 1 is 1.29 bits per heavy atom. The van der Waals surface area contributed by atoms with Gasteiger partial charge in [0.2, 0.25) is 5.89 Å². The Kier molecular flexibility index (Phi) is 5.01. The number of aromatic nitrogens is 2. The molecule has 1 fully saturated rings. The van der Waals surface area contributed by atoms with Crippen LogP contribution in [0.1, 0.15) is 50.4 Å². The van der Waals surface area contributed by atoms with Crippen LogP contribution in [0.5, 0.6) is 0 Å². The lowest BCUT2D eigenvalue weighted by molar-refractivity contribution is 0.255. The highest BCUT2D eigenvalue weighted by atomic mass is 32.2. The number of sulfone groups is 1. The summed E-state index contributed by atoms with van der Waals surface area (Å²) in [5.74, 6) is 1.60. The maximum absolute atomic E-state index is 12.4. The molecule has 1 aromatic heterocycles. The Morgan fingerprint density at radius 2 is 2.04 bits per heavy atom. The summed E-state index contributed by atoms with van der Waals surface area (Å²) in [6.45, 7) is 5.36. The Balaban J connectivity index is 1.68. The van der Waals surface area contributed by atoms with Crippen LogP contribution in [0.4, 0.5) is 0 Å². The van der Waals surface area contributed by atoms with E-state index in [1.165, 1.54) is 0 Å². The number of hydrogen-bond donors (Lipinski definition) is 0. The fourth-order valence-corrected chi connectivity index (χ4v) is 4.27. The average molecular weight is 349 g/mol. The van der Waals surface area contributed by atoms with Crippen molar-refractivity contribution in [2.24, 2.45) is 0 Å². The van der Waals surface area contributed by atoms with E-state index in [-0.39, 0.29) is 17.7 Å². The van der Waals surface area contributed by atoms with Crippen LogP contribution < -0.4 is 0 Å². The second-order valence-electron chi connectivity index (χ2n) is 6.47. The molecule has 130 valence electrons. The van der Waals surface area contributed by atoms with E-state index in [0.29, 0.717) is 23.2 Å². The predicted octanol–water partition coefficient (Wildman–Crippen LogP) is 2.80. The summed E-state index contributed by atoms with van der Waals surface area (Å²) in [6.07, 6.45) is 1.95. The Morgan fingerprint density at radius 3 is 2.71 bits per heavy atom. The van der Waals surface area contributed by atoms with Crippen molar-refractivity contribution in [1.29, 1.82) is 0 Å². The van der Waals surface area contributed by atoms with Gasteiger partial charge in [-0.1, -0.05) is 37.2 Å². The first kappa shape index (κ1) is 17.1. The van der Waals surface area contributed by atoms with E-state index in [2.05, 4.69) is 15.0 Å². The molecule has 24 heavy (non-hydrogen) atoms. The van der Waals surface area contributed by atoms with Crippen LogP contribution in [0, 0.1) is 0 Å². The fraction of sp³-hybridized carbons (Fsp3) is 0.529. The molecule has 0 saturated carbocycles. The van der Waals surface area contributed by atoms with Crippen molar-refractivity contribution in [1.82, 2.24) is 15.0 Å². The zero-order valence-corrected chi connectivity index (χ0v) is 14.9. The third kappa shape index (κ3) is 3.67. The number of benzene rings is 1. The first-order chi connectivity index (χ1) is 11.5. The second-order valence-corrected chi connectivity index (χ2v) is 8.58. The highest BCUT2D eigenvalue weighted by molar-refractivity contribution is 7.91. The zero-order valence-electron chi connectivity index (χ0n) is 14.1. The molecule has 2 heterocycles. The highest BCUT2D eigenvalue weighted by Gasteiger charge is 2.31. The topological polar surface area (TPSA) is 76.3 Å². The second kappa shape index (κ2) is 7.03. The number of likely N-dealkylation sites (tertiary alicyclic amines) is 1. The number of rotatable bonds is 6. The Bertz CT molecular complexity index is 771. The molecule has 7 heteroatoms. The maximum atomic E-state index is 12.4. The van der Waals surface area contributed by atoms with Crippen molar-refractivity contribution in [2.75, 3.05) is 18.8 Å². The largest absolute Gasteiger partial charge is 0.339 e. The molecule has 0 bridgehead atoms. The molecule has 2 aromatic rings. The van der Waals surface area contributed by atoms with Crippen molar-refractivity contribution < 1.29 is 12.9 Å². The van der Waals surface area contributed by atoms with Crippen molar-refractivity contribution >= 4 is 9.84 Å². The third-order valence-corrected chi connectivity index (χ3v) is 6.07. The molecule has 1 aromatic carbocycles. The normalized spacial score (nSPS) is 19.2. The molecular formula is C17H23N3O3S. The molecule has 0 radical (unpaired) electrons. The molecule has 3 rings (SSSR count). The summed E-state index contributed by atoms with van der Waals surface area (Å²) >= 11 is 0. The van der Waals surface area contributed by atoms with E-state index < -0.39 is 9.84 Å². The third-order valence-electron chi connectivity index (χ3n) is 4.36. The van der Waals surface area contributed by atoms with E-state index in [4.69, 9.17) is 4.52 Å². The van der Waals surface area contributed by atoms with Gasteiger partial charge in [0, 0.05) is 12.5 Å². The van der Waals surface area contributed by atoms with E-state index in [1.807, 2.05) is 19.9 Å². The van der Waals surface area contributed by atoms with Crippen molar-refractivity contribution in [3.63, 3.8) is 0 Å². The smallest absolute Gasteiger partial charge is 0.229 e. The SMILES string of the molecule is CC(C)c1nc([C@H]2CCCN2CCS(=O)(=O)c2ccccc2)no1. The van der Waals surface area contributed by atoms with Gasteiger partial charge >= 0.3 is 0 Å². The minimum atomic E-state index is -3.27. The summed E-state index contributed by atoms with van der Waals surface area (Å²) in [5.41, 5.74) is 0. The minimum absolute atomic E-state index is 0.0484. The lowest BCUT2D eigenvalue weighted by atomic mass is 10.2. The molecule has 1 aliphatic rings. The first-order valence-electron chi connectivity index (χ1n) is 8.33.